The molecule has 0 spiro atoms. The number of carbonyl (C=O) groups is 1. The maximum atomic E-state index is 9.62. The quantitative estimate of drug-likeness (QED) is 0.495. The summed E-state index contributed by atoms with van der Waals surface area (Å²) in [6.07, 6.45) is -0.907. The van der Waals surface area contributed by atoms with Gasteiger partial charge in [-0.3, -0.25) is 0 Å². The number of amides is 1. The van der Waals surface area contributed by atoms with Crippen molar-refractivity contribution in [2.45, 2.75) is 0 Å². The van der Waals surface area contributed by atoms with E-state index >= 15 is 0 Å². The minimum Gasteiger partial charge on any atom is -0.465 e. The molecular formula is C3H7FeNO2. The zero-order valence-corrected chi connectivity index (χ0v) is 5.26. The van der Waals surface area contributed by atoms with Crippen molar-refractivity contribution in [2.24, 2.45) is 0 Å². The Bertz CT molecular complexity index is 64.0. The third-order valence-corrected chi connectivity index (χ3v) is 0.383. The van der Waals surface area contributed by atoms with Crippen LogP contribution in [0.5, 0.6) is 0 Å². The molecule has 7 heavy (non-hydrogen) atoms. The zero-order chi connectivity index (χ0) is 5.15. The number of hydrogen-bond donors (Lipinski definition) is 1. The Kier molecular flexibility index (Phi) is 5.62. The largest absolute Gasteiger partial charge is 0.465 e. The Balaban J connectivity index is 0. The van der Waals surface area contributed by atoms with Crippen molar-refractivity contribution in [3.8, 4) is 0 Å². The molecule has 0 aliphatic heterocycles. The second-order valence-corrected chi connectivity index (χ2v) is 1.18. The fourth-order valence-electron chi connectivity index (χ4n) is 0. The van der Waals surface area contributed by atoms with Crippen LogP contribution in [0.15, 0.2) is 0 Å². The summed E-state index contributed by atoms with van der Waals surface area (Å²) in [4.78, 5) is 10.7. The van der Waals surface area contributed by atoms with Gasteiger partial charge in [-0.15, -0.1) is 0 Å². The maximum Gasteiger partial charge on any atom is 0.406 e. The molecule has 0 radical (unpaired) electrons. The molecule has 0 rings (SSSR count). The molecule has 0 unspecified atom stereocenters. The Labute approximate surface area is 52.8 Å². The van der Waals surface area contributed by atoms with Crippen LogP contribution in [0.3, 0.4) is 0 Å². The van der Waals surface area contributed by atoms with Crippen molar-refractivity contribution in [1.29, 1.82) is 0 Å². The predicted octanol–water partition coefficient (Wildman–Crippen LogP) is 0.224. The molecule has 0 heterocycles. The van der Waals surface area contributed by atoms with Crippen LogP contribution in [-0.4, -0.2) is 30.2 Å². The Morgan fingerprint density at radius 3 is 1.71 bits per heavy atom. The third kappa shape index (κ3) is 5.79. The van der Waals surface area contributed by atoms with E-state index in [1.165, 1.54) is 14.1 Å². The Morgan fingerprint density at radius 1 is 1.57 bits per heavy atom. The minimum absolute atomic E-state index is 0. The minimum atomic E-state index is -0.907. The summed E-state index contributed by atoms with van der Waals surface area (Å²) in [5.74, 6) is 0. The smallest absolute Gasteiger partial charge is 0.406 e. The van der Waals surface area contributed by atoms with Gasteiger partial charge in [0.05, 0.1) is 0 Å². The molecule has 44 valence electrons. The van der Waals surface area contributed by atoms with Gasteiger partial charge in [-0.25, -0.2) is 4.79 Å². The molecular weight excluding hydrogens is 138 g/mol. The van der Waals surface area contributed by atoms with Gasteiger partial charge in [-0.05, 0) is 0 Å². The first-order chi connectivity index (χ1) is 2.64. The summed E-state index contributed by atoms with van der Waals surface area (Å²) >= 11 is 0. The number of carboxylic acid groups (broad SMARTS) is 1. The van der Waals surface area contributed by atoms with Crippen molar-refractivity contribution < 1.29 is 27.0 Å². The van der Waals surface area contributed by atoms with Crippen LogP contribution in [-0.2, 0) is 17.1 Å². The van der Waals surface area contributed by atoms with E-state index in [1.807, 2.05) is 0 Å². The molecule has 0 bridgehead atoms. The average Bonchev–Trinajstić information content (AvgIpc) is 1.36. The third-order valence-electron chi connectivity index (χ3n) is 0.383. The first-order valence-electron chi connectivity index (χ1n) is 1.55. The molecule has 0 aromatic heterocycles. The predicted molar refractivity (Wildman–Crippen MR) is 21.7 cm³/mol. The van der Waals surface area contributed by atoms with Gasteiger partial charge < -0.3 is 10.0 Å². The van der Waals surface area contributed by atoms with Crippen LogP contribution in [0.4, 0.5) is 4.79 Å². The number of hydrogen-bond acceptors (Lipinski definition) is 1. The van der Waals surface area contributed by atoms with E-state index in [-0.39, 0.29) is 17.1 Å². The summed E-state index contributed by atoms with van der Waals surface area (Å²) in [5, 5.41) is 7.92. The molecule has 0 saturated heterocycles. The molecule has 0 fully saturated rings. The van der Waals surface area contributed by atoms with Crippen LogP contribution < -0.4 is 0 Å². The van der Waals surface area contributed by atoms with E-state index < -0.39 is 6.09 Å². The second-order valence-electron chi connectivity index (χ2n) is 1.18. The molecule has 0 atom stereocenters. The topological polar surface area (TPSA) is 40.5 Å². The van der Waals surface area contributed by atoms with E-state index in [0.29, 0.717) is 0 Å². The molecule has 1 amide bonds. The first-order valence-corrected chi connectivity index (χ1v) is 1.55. The zero-order valence-electron chi connectivity index (χ0n) is 4.16. The molecule has 0 aromatic rings. The van der Waals surface area contributed by atoms with Gasteiger partial charge in [0.2, 0.25) is 0 Å². The van der Waals surface area contributed by atoms with Gasteiger partial charge >= 0.3 is 6.09 Å². The fourth-order valence-corrected chi connectivity index (χ4v) is 0. The standard InChI is InChI=1S/C3H7NO2.Fe/c1-4(2)3(5)6;/h1-2H3,(H,5,6);. The van der Waals surface area contributed by atoms with Crippen molar-refractivity contribution >= 4 is 6.09 Å². The summed E-state index contributed by atoms with van der Waals surface area (Å²) in [5.41, 5.74) is 0. The molecule has 0 saturated carbocycles. The molecule has 1 N–H and O–H groups in total. The van der Waals surface area contributed by atoms with Crippen molar-refractivity contribution in [3.63, 3.8) is 0 Å². The van der Waals surface area contributed by atoms with Crippen LogP contribution in [0.1, 0.15) is 0 Å². The summed E-state index contributed by atoms with van der Waals surface area (Å²) in [7, 11) is 2.95. The fraction of sp³-hybridized carbons (Fsp3) is 0.667. The van der Waals surface area contributed by atoms with Crippen molar-refractivity contribution in [2.75, 3.05) is 14.1 Å². The molecule has 0 aliphatic carbocycles. The van der Waals surface area contributed by atoms with E-state index in [1.54, 1.807) is 0 Å². The summed E-state index contributed by atoms with van der Waals surface area (Å²) in [6, 6.07) is 0. The van der Waals surface area contributed by atoms with Crippen molar-refractivity contribution in [3.05, 3.63) is 0 Å². The summed E-state index contributed by atoms with van der Waals surface area (Å²) in [6.45, 7) is 0. The van der Waals surface area contributed by atoms with E-state index in [4.69, 9.17) is 5.11 Å². The second kappa shape index (κ2) is 3.96. The molecule has 3 nitrogen and oxygen atoms in total. The molecule has 4 heteroatoms. The first kappa shape index (κ1) is 9.92. The van der Waals surface area contributed by atoms with Crippen LogP contribution in [0, 0.1) is 0 Å². The number of nitrogens with zero attached hydrogens (tertiary/aromatic N) is 1. The summed E-state index contributed by atoms with van der Waals surface area (Å²) < 4.78 is 0. The van der Waals surface area contributed by atoms with Crippen LogP contribution >= 0.6 is 0 Å². The maximum absolute atomic E-state index is 9.62. The van der Waals surface area contributed by atoms with Gasteiger partial charge in [-0.1, -0.05) is 0 Å². The van der Waals surface area contributed by atoms with Crippen LogP contribution in [0.2, 0.25) is 0 Å². The molecule has 0 aromatic carbocycles. The average molecular weight is 145 g/mol. The molecule has 0 aliphatic rings. The number of rotatable bonds is 0. The van der Waals surface area contributed by atoms with Gasteiger partial charge in [0.15, 0.2) is 0 Å². The SMILES string of the molecule is CN(C)C(=O)O.[Fe]. The van der Waals surface area contributed by atoms with Gasteiger partial charge in [0.25, 0.3) is 0 Å². The van der Waals surface area contributed by atoms with Gasteiger partial charge in [0.1, 0.15) is 0 Å². The Hall–Kier alpha value is -0.211. The van der Waals surface area contributed by atoms with E-state index in [9.17, 15) is 4.79 Å². The van der Waals surface area contributed by atoms with E-state index in [2.05, 4.69) is 0 Å². The van der Waals surface area contributed by atoms with Gasteiger partial charge in [0, 0.05) is 31.2 Å². The Morgan fingerprint density at radius 2 is 1.71 bits per heavy atom. The van der Waals surface area contributed by atoms with E-state index in [0.717, 1.165) is 4.90 Å². The van der Waals surface area contributed by atoms with Crippen LogP contribution in [0.25, 0.3) is 0 Å². The van der Waals surface area contributed by atoms with Gasteiger partial charge in [-0.2, -0.15) is 0 Å². The normalized spacial score (nSPS) is 6.57. The van der Waals surface area contributed by atoms with Crippen molar-refractivity contribution in [1.82, 2.24) is 4.90 Å². The monoisotopic (exact) mass is 145 g/mol.